The zero-order chi connectivity index (χ0) is 20.4. The fourth-order valence-electron chi connectivity index (χ4n) is 2.64. The molecule has 1 fully saturated rings. The molecular weight excluding hydrogens is 376 g/mol. The van der Waals surface area contributed by atoms with E-state index in [0.717, 1.165) is 26.2 Å². The number of aldehydes is 1. The number of ether oxygens (including phenoxy) is 4. The summed E-state index contributed by atoms with van der Waals surface area (Å²) >= 11 is 1.34. The summed E-state index contributed by atoms with van der Waals surface area (Å²) in [5.41, 5.74) is -0.746. The molecule has 0 radical (unpaired) electrons. The lowest BCUT2D eigenvalue weighted by molar-refractivity contribution is -0.227. The first-order chi connectivity index (χ1) is 12.8. The quantitative estimate of drug-likeness (QED) is 0.178. The molecular formula is C18H26O8S. The number of carbonyl (C=O) groups excluding carboxylic acids is 4. The molecule has 0 saturated carbocycles. The zero-order valence-electron chi connectivity index (χ0n) is 15.8. The van der Waals surface area contributed by atoms with E-state index in [4.69, 9.17) is 18.9 Å². The molecule has 1 aliphatic heterocycles. The summed E-state index contributed by atoms with van der Waals surface area (Å²) in [7, 11) is 0. The van der Waals surface area contributed by atoms with Gasteiger partial charge in [0.15, 0.2) is 30.7 Å². The average Bonchev–Trinajstić information content (AvgIpc) is 2.57. The monoisotopic (exact) mass is 402 g/mol. The highest BCUT2D eigenvalue weighted by atomic mass is 32.2. The third kappa shape index (κ3) is 7.72. The van der Waals surface area contributed by atoms with Crippen molar-refractivity contribution in [1.82, 2.24) is 0 Å². The van der Waals surface area contributed by atoms with Gasteiger partial charge in [-0.2, -0.15) is 0 Å². The van der Waals surface area contributed by atoms with Crippen molar-refractivity contribution >= 4 is 36.0 Å². The van der Waals surface area contributed by atoms with E-state index in [1.165, 1.54) is 25.6 Å². The van der Waals surface area contributed by atoms with Gasteiger partial charge in [0.25, 0.3) is 0 Å². The van der Waals surface area contributed by atoms with Crippen LogP contribution in [0.4, 0.5) is 0 Å². The Balaban J connectivity index is 3.04. The van der Waals surface area contributed by atoms with Gasteiger partial charge in [-0.05, 0) is 25.0 Å². The molecule has 8 nitrogen and oxygen atoms in total. The minimum atomic E-state index is -1.20. The molecule has 5 unspecified atom stereocenters. The van der Waals surface area contributed by atoms with Gasteiger partial charge >= 0.3 is 17.9 Å². The minimum Gasteiger partial charge on any atom is -0.455 e. The van der Waals surface area contributed by atoms with Crippen molar-refractivity contribution in [2.24, 2.45) is 0 Å². The van der Waals surface area contributed by atoms with Gasteiger partial charge in [-0.1, -0.05) is 6.08 Å². The van der Waals surface area contributed by atoms with Crippen LogP contribution in [0.25, 0.3) is 0 Å². The van der Waals surface area contributed by atoms with Gasteiger partial charge in [0.2, 0.25) is 0 Å². The minimum absolute atomic E-state index is 0.485. The average molecular weight is 402 g/mol. The van der Waals surface area contributed by atoms with E-state index < -0.39 is 47.8 Å². The predicted octanol–water partition coefficient (Wildman–Crippen LogP) is 1.79. The number of allylic oxidation sites excluding steroid dienone is 1. The van der Waals surface area contributed by atoms with E-state index in [1.807, 2.05) is 6.08 Å². The molecule has 152 valence electrons. The second kappa shape index (κ2) is 11.8. The number of carbonyl (C=O) groups is 4. The Kier molecular flexibility index (Phi) is 10.1. The topological polar surface area (TPSA) is 105 Å². The Morgan fingerprint density at radius 2 is 1.52 bits per heavy atom. The van der Waals surface area contributed by atoms with E-state index >= 15 is 0 Å². The van der Waals surface area contributed by atoms with Crippen LogP contribution in [0.5, 0.6) is 0 Å². The number of thioether (sulfide) groups is 1. The Morgan fingerprint density at radius 1 is 0.963 bits per heavy atom. The van der Waals surface area contributed by atoms with Crippen LogP contribution >= 0.6 is 11.8 Å². The van der Waals surface area contributed by atoms with Crippen molar-refractivity contribution in [3.63, 3.8) is 0 Å². The van der Waals surface area contributed by atoms with Crippen LogP contribution in [0.1, 0.15) is 40.0 Å². The lowest BCUT2D eigenvalue weighted by atomic mass is 9.99. The van der Waals surface area contributed by atoms with Gasteiger partial charge in [-0.3, -0.25) is 14.4 Å². The summed E-state index contributed by atoms with van der Waals surface area (Å²) in [4.78, 5) is 46.0. The Hall–Kier alpha value is -1.87. The highest BCUT2D eigenvalue weighted by Gasteiger charge is 2.51. The number of unbranched alkanes of at least 4 members (excludes halogenated alkanes) is 2. The molecule has 0 amide bonds. The number of hydrogen-bond acceptors (Lipinski definition) is 9. The molecule has 0 spiro atoms. The van der Waals surface area contributed by atoms with Crippen molar-refractivity contribution in [2.75, 3.05) is 5.75 Å². The van der Waals surface area contributed by atoms with Gasteiger partial charge in [0.05, 0.1) is 0 Å². The first kappa shape index (κ1) is 23.2. The van der Waals surface area contributed by atoms with Crippen molar-refractivity contribution < 1.29 is 38.1 Å². The van der Waals surface area contributed by atoms with Crippen molar-refractivity contribution in [1.29, 1.82) is 0 Å². The van der Waals surface area contributed by atoms with Crippen LogP contribution in [-0.2, 0) is 38.1 Å². The molecule has 0 aromatic carbocycles. The van der Waals surface area contributed by atoms with Gasteiger partial charge in [-0.15, -0.1) is 18.3 Å². The van der Waals surface area contributed by atoms with Gasteiger partial charge < -0.3 is 23.7 Å². The molecule has 9 heteroatoms. The fourth-order valence-corrected chi connectivity index (χ4v) is 3.85. The van der Waals surface area contributed by atoms with Crippen molar-refractivity contribution in [2.45, 2.75) is 69.9 Å². The third-order valence-electron chi connectivity index (χ3n) is 3.66. The third-order valence-corrected chi connectivity index (χ3v) is 4.89. The molecule has 1 aliphatic rings. The number of rotatable bonds is 10. The highest BCUT2D eigenvalue weighted by Crippen LogP contribution is 2.34. The molecule has 5 atom stereocenters. The molecule has 0 aromatic rings. The Labute approximate surface area is 162 Å². The maximum Gasteiger partial charge on any atom is 0.303 e. The van der Waals surface area contributed by atoms with E-state index in [9.17, 15) is 19.2 Å². The maximum absolute atomic E-state index is 11.6. The van der Waals surface area contributed by atoms with E-state index in [2.05, 4.69) is 6.58 Å². The van der Waals surface area contributed by atoms with Crippen LogP contribution in [-0.4, -0.2) is 59.8 Å². The molecule has 1 heterocycles. The second-order valence-corrected chi connectivity index (χ2v) is 7.19. The van der Waals surface area contributed by atoms with Crippen LogP contribution in [0.2, 0.25) is 0 Å². The molecule has 0 bridgehead atoms. The summed E-state index contributed by atoms with van der Waals surface area (Å²) < 4.78 is 21.4. The van der Waals surface area contributed by atoms with Gasteiger partial charge in [0.1, 0.15) is 5.44 Å². The van der Waals surface area contributed by atoms with Gasteiger partial charge in [0, 0.05) is 20.8 Å². The smallest absolute Gasteiger partial charge is 0.303 e. The summed E-state index contributed by atoms with van der Waals surface area (Å²) in [6.07, 6.45) is 0.470. The first-order valence-corrected chi connectivity index (χ1v) is 9.70. The Bertz CT molecular complexity index is 549. The molecule has 1 saturated heterocycles. The first-order valence-electron chi connectivity index (χ1n) is 8.65. The summed E-state index contributed by atoms with van der Waals surface area (Å²) in [6.45, 7) is 7.22. The van der Waals surface area contributed by atoms with E-state index in [0.29, 0.717) is 12.0 Å². The normalized spacial score (nSPS) is 27.3. The van der Waals surface area contributed by atoms with E-state index in [1.54, 1.807) is 0 Å². The molecule has 1 rings (SSSR count). The molecule has 0 N–H and O–H groups in total. The lowest BCUT2D eigenvalue weighted by Gasteiger charge is -2.42. The predicted molar refractivity (Wildman–Crippen MR) is 97.9 cm³/mol. The highest BCUT2D eigenvalue weighted by molar-refractivity contribution is 7.99. The van der Waals surface area contributed by atoms with Crippen LogP contribution in [0.3, 0.4) is 0 Å². The van der Waals surface area contributed by atoms with Crippen LogP contribution in [0.15, 0.2) is 12.7 Å². The van der Waals surface area contributed by atoms with Crippen molar-refractivity contribution in [3.8, 4) is 0 Å². The Morgan fingerprint density at radius 3 is 2.04 bits per heavy atom. The summed E-state index contributed by atoms with van der Waals surface area (Å²) in [5.74, 6) is -1.27. The molecule has 0 aromatic heterocycles. The van der Waals surface area contributed by atoms with Gasteiger partial charge in [-0.25, -0.2) is 0 Å². The zero-order valence-corrected chi connectivity index (χ0v) is 16.6. The maximum atomic E-state index is 11.6. The van der Waals surface area contributed by atoms with Crippen molar-refractivity contribution in [3.05, 3.63) is 12.7 Å². The summed E-state index contributed by atoms with van der Waals surface area (Å²) in [6, 6.07) is 0. The largest absolute Gasteiger partial charge is 0.455 e. The standard InChI is InChI=1S/C18H26O8S/c1-5-6-7-8-9-27-18-17(25-13(4)22)16(24-12(3)21)15(23-11(2)20)14(10-19)26-18/h5,10,14-18H,1,6-9H2,2-4H3. The molecule has 27 heavy (non-hydrogen) atoms. The SMILES string of the molecule is C=CCCCCSC1OC(C=O)C(OC(C)=O)C(OC(C)=O)C1OC(C)=O. The van der Waals surface area contributed by atoms with Crippen LogP contribution < -0.4 is 0 Å². The van der Waals surface area contributed by atoms with E-state index in [-0.39, 0.29) is 0 Å². The lowest BCUT2D eigenvalue weighted by Crippen LogP contribution is -2.60. The number of esters is 3. The second-order valence-electron chi connectivity index (χ2n) is 5.98. The summed E-state index contributed by atoms with van der Waals surface area (Å²) in [5, 5.41) is 0. The number of hydrogen-bond donors (Lipinski definition) is 0. The van der Waals surface area contributed by atoms with Crippen LogP contribution in [0, 0.1) is 0 Å². The molecule has 0 aliphatic carbocycles. The fraction of sp³-hybridized carbons (Fsp3) is 0.667.